The van der Waals surface area contributed by atoms with E-state index in [4.69, 9.17) is 16.3 Å². The molecule has 0 radical (unpaired) electrons. The summed E-state index contributed by atoms with van der Waals surface area (Å²) in [6, 6.07) is 2.08. The lowest BCUT2D eigenvalue weighted by Crippen LogP contribution is -2.22. The van der Waals surface area contributed by atoms with Gasteiger partial charge in [-0.05, 0) is 18.6 Å². The van der Waals surface area contributed by atoms with Crippen molar-refractivity contribution in [1.29, 1.82) is 0 Å². The Bertz CT molecular complexity index is 1010. The minimum absolute atomic E-state index is 0.0105. The summed E-state index contributed by atoms with van der Waals surface area (Å²) in [4.78, 5) is 25.9. The van der Waals surface area contributed by atoms with Gasteiger partial charge in [0.15, 0.2) is 5.78 Å². The fraction of sp³-hybridized carbons (Fsp3) is 0.333. The van der Waals surface area contributed by atoms with Crippen LogP contribution in [0.1, 0.15) is 76.1 Å². The third-order valence-corrected chi connectivity index (χ3v) is 5.53. The van der Waals surface area contributed by atoms with Crippen LogP contribution in [0.2, 0.25) is 5.02 Å². The molecular weight excluding hydrogens is 400 g/mol. The maximum Gasteiger partial charge on any atom is 0.202 e. The van der Waals surface area contributed by atoms with Crippen LogP contribution in [0.15, 0.2) is 12.1 Å². The summed E-state index contributed by atoms with van der Waals surface area (Å²) in [7, 11) is 1.42. The highest BCUT2D eigenvalue weighted by Gasteiger charge is 2.38. The SMILES string of the molecule is CCCCCC(OC)c1c(O)cc2c(c1O)C(=O)c1c(cc(O)c(Cl)c1O)C2=O. The second-order valence-electron chi connectivity index (χ2n) is 6.94. The van der Waals surface area contributed by atoms with Crippen molar-refractivity contribution in [3.63, 3.8) is 0 Å². The van der Waals surface area contributed by atoms with Gasteiger partial charge in [-0.2, -0.15) is 0 Å². The molecule has 0 saturated carbocycles. The van der Waals surface area contributed by atoms with Crippen LogP contribution in [-0.2, 0) is 4.74 Å². The molecule has 154 valence electrons. The van der Waals surface area contributed by atoms with E-state index in [1.54, 1.807) is 0 Å². The Hall–Kier alpha value is -2.77. The van der Waals surface area contributed by atoms with Gasteiger partial charge in [0.25, 0.3) is 0 Å². The van der Waals surface area contributed by atoms with Gasteiger partial charge in [-0.1, -0.05) is 37.8 Å². The quantitative estimate of drug-likeness (QED) is 0.440. The summed E-state index contributed by atoms with van der Waals surface area (Å²) < 4.78 is 5.41. The predicted molar refractivity (Wildman–Crippen MR) is 105 cm³/mol. The normalized spacial score (nSPS) is 13.9. The minimum Gasteiger partial charge on any atom is -0.507 e. The number of carbonyl (C=O) groups excluding carboxylic acids is 2. The number of phenols is 4. The van der Waals surface area contributed by atoms with E-state index in [1.165, 1.54) is 7.11 Å². The molecule has 0 spiro atoms. The van der Waals surface area contributed by atoms with Gasteiger partial charge in [0.2, 0.25) is 5.78 Å². The molecule has 8 heteroatoms. The van der Waals surface area contributed by atoms with Crippen molar-refractivity contribution in [2.24, 2.45) is 0 Å². The number of ketones is 2. The van der Waals surface area contributed by atoms with Crippen LogP contribution in [0.3, 0.4) is 0 Å². The average Bonchev–Trinajstić information content (AvgIpc) is 2.68. The smallest absolute Gasteiger partial charge is 0.202 e. The third-order valence-electron chi connectivity index (χ3n) is 5.16. The zero-order valence-electron chi connectivity index (χ0n) is 16.0. The van der Waals surface area contributed by atoms with Crippen LogP contribution in [-0.4, -0.2) is 39.1 Å². The lowest BCUT2D eigenvalue weighted by Gasteiger charge is -2.24. The molecule has 2 aromatic rings. The van der Waals surface area contributed by atoms with Gasteiger partial charge in [0, 0.05) is 18.2 Å². The number of methoxy groups -OCH3 is 1. The van der Waals surface area contributed by atoms with E-state index in [0.29, 0.717) is 6.42 Å². The lowest BCUT2D eigenvalue weighted by atomic mass is 9.81. The standard InChI is InChI=1S/C21H21ClO7/c1-3-4-5-6-13(29-2)16-11(23)7-9-14(20(16)27)19(26)15-10(18(9)25)8-12(24)17(22)21(15)28/h7-8,13,23-24,27-28H,3-6H2,1-2H3. The Morgan fingerprint density at radius 2 is 1.52 bits per heavy atom. The number of halogens is 1. The number of unbranched alkanes of at least 4 members (excludes halogenated alkanes) is 2. The first-order valence-electron chi connectivity index (χ1n) is 9.19. The Balaban J connectivity index is 2.20. The van der Waals surface area contributed by atoms with Gasteiger partial charge in [0.1, 0.15) is 28.0 Å². The average molecular weight is 421 g/mol. The summed E-state index contributed by atoms with van der Waals surface area (Å²) in [6.07, 6.45) is 2.47. The first-order chi connectivity index (χ1) is 13.7. The summed E-state index contributed by atoms with van der Waals surface area (Å²) in [5.41, 5.74) is -1.23. The molecule has 0 heterocycles. The Kier molecular flexibility index (Phi) is 5.73. The molecule has 0 amide bonds. The van der Waals surface area contributed by atoms with E-state index < -0.39 is 45.5 Å². The van der Waals surface area contributed by atoms with Crippen molar-refractivity contribution >= 4 is 23.2 Å². The van der Waals surface area contributed by atoms with Crippen LogP contribution in [0.25, 0.3) is 0 Å². The van der Waals surface area contributed by atoms with E-state index in [-0.39, 0.29) is 28.0 Å². The molecule has 7 nitrogen and oxygen atoms in total. The highest BCUT2D eigenvalue weighted by Crippen LogP contribution is 2.47. The van der Waals surface area contributed by atoms with Crippen LogP contribution in [0.4, 0.5) is 0 Å². The molecule has 4 N–H and O–H groups in total. The van der Waals surface area contributed by atoms with Crippen molar-refractivity contribution in [1.82, 2.24) is 0 Å². The van der Waals surface area contributed by atoms with E-state index in [0.717, 1.165) is 31.4 Å². The summed E-state index contributed by atoms with van der Waals surface area (Å²) >= 11 is 5.81. The second-order valence-corrected chi connectivity index (χ2v) is 7.32. The van der Waals surface area contributed by atoms with Gasteiger partial charge >= 0.3 is 0 Å². The molecule has 0 bridgehead atoms. The van der Waals surface area contributed by atoms with Gasteiger partial charge in [0.05, 0.1) is 22.8 Å². The van der Waals surface area contributed by atoms with Crippen LogP contribution in [0.5, 0.6) is 23.0 Å². The van der Waals surface area contributed by atoms with Gasteiger partial charge in [-0.3, -0.25) is 9.59 Å². The lowest BCUT2D eigenvalue weighted by molar-refractivity contribution is 0.0878. The number of carbonyl (C=O) groups is 2. The molecule has 0 saturated heterocycles. The Labute approximate surface area is 172 Å². The number of phenolic OH excluding ortho intramolecular Hbond substituents is 4. The predicted octanol–water partition coefficient (Wildman–Crippen LogP) is 4.21. The number of hydrogen-bond donors (Lipinski definition) is 4. The van der Waals surface area contributed by atoms with Gasteiger partial charge < -0.3 is 25.2 Å². The molecule has 1 atom stereocenters. The molecule has 1 unspecified atom stereocenters. The Morgan fingerprint density at radius 1 is 0.931 bits per heavy atom. The fourth-order valence-electron chi connectivity index (χ4n) is 3.67. The van der Waals surface area contributed by atoms with E-state index in [2.05, 4.69) is 0 Å². The molecule has 29 heavy (non-hydrogen) atoms. The largest absolute Gasteiger partial charge is 0.507 e. The molecular formula is C21H21ClO7. The van der Waals surface area contributed by atoms with Crippen molar-refractivity contribution < 1.29 is 34.8 Å². The highest BCUT2D eigenvalue weighted by molar-refractivity contribution is 6.37. The van der Waals surface area contributed by atoms with Gasteiger partial charge in [-0.25, -0.2) is 0 Å². The molecule has 1 aliphatic carbocycles. The molecule has 2 aromatic carbocycles. The number of hydrogen-bond acceptors (Lipinski definition) is 7. The maximum atomic E-state index is 13.1. The topological polar surface area (TPSA) is 124 Å². The Morgan fingerprint density at radius 3 is 2.10 bits per heavy atom. The minimum atomic E-state index is -0.837. The maximum absolute atomic E-state index is 13.1. The van der Waals surface area contributed by atoms with E-state index in [1.807, 2.05) is 6.92 Å². The van der Waals surface area contributed by atoms with Crippen LogP contribution in [0, 0.1) is 0 Å². The summed E-state index contributed by atoms with van der Waals surface area (Å²) in [5, 5.41) is 40.9. The first-order valence-corrected chi connectivity index (χ1v) is 9.57. The molecule has 1 aliphatic rings. The number of fused-ring (bicyclic) bond motifs is 2. The van der Waals surface area contributed by atoms with Crippen LogP contribution >= 0.6 is 11.6 Å². The molecule has 0 aliphatic heterocycles. The van der Waals surface area contributed by atoms with E-state index in [9.17, 15) is 30.0 Å². The summed E-state index contributed by atoms with van der Waals surface area (Å²) in [5.74, 6) is -3.84. The number of ether oxygens (including phenoxy) is 1. The molecule has 0 fully saturated rings. The highest BCUT2D eigenvalue weighted by atomic mass is 35.5. The molecule has 0 aromatic heterocycles. The van der Waals surface area contributed by atoms with Gasteiger partial charge in [-0.15, -0.1) is 0 Å². The van der Waals surface area contributed by atoms with Crippen molar-refractivity contribution in [3.8, 4) is 23.0 Å². The van der Waals surface area contributed by atoms with Crippen molar-refractivity contribution in [2.75, 3.05) is 7.11 Å². The molecule has 3 rings (SSSR count). The zero-order chi connectivity index (χ0) is 21.5. The monoisotopic (exact) mass is 420 g/mol. The zero-order valence-corrected chi connectivity index (χ0v) is 16.7. The van der Waals surface area contributed by atoms with E-state index >= 15 is 0 Å². The third kappa shape index (κ3) is 3.30. The second kappa shape index (κ2) is 7.93. The van der Waals surface area contributed by atoms with Crippen LogP contribution < -0.4 is 0 Å². The van der Waals surface area contributed by atoms with Crippen molar-refractivity contribution in [3.05, 3.63) is 45.0 Å². The summed E-state index contributed by atoms with van der Waals surface area (Å²) in [6.45, 7) is 2.03. The fourth-order valence-corrected chi connectivity index (χ4v) is 3.82. The van der Waals surface area contributed by atoms with Crippen molar-refractivity contribution in [2.45, 2.75) is 38.7 Å². The number of aromatic hydroxyl groups is 4. The number of rotatable bonds is 6. The first kappa shape index (κ1) is 21.0. The number of benzene rings is 2.